The highest BCUT2D eigenvalue weighted by Crippen LogP contribution is 2.41. The van der Waals surface area contributed by atoms with Crippen molar-refractivity contribution in [3.63, 3.8) is 0 Å². The van der Waals surface area contributed by atoms with Crippen molar-refractivity contribution in [2.75, 3.05) is 33.9 Å². The lowest BCUT2D eigenvalue weighted by molar-refractivity contribution is -0.134. The molecule has 1 unspecified atom stereocenters. The minimum absolute atomic E-state index is 0.00484. The van der Waals surface area contributed by atoms with E-state index in [4.69, 9.17) is 14.2 Å². The van der Waals surface area contributed by atoms with E-state index in [1.54, 1.807) is 27.2 Å². The van der Waals surface area contributed by atoms with Crippen LogP contribution in [0.1, 0.15) is 54.6 Å². The molecule has 2 fully saturated rings. The third-order valence-electron chi connectivity index (χ3n) is 6.44. The Morgan fingerprint density at radius 3 is 2.62 bits per heavy atom. The zero-order valence-electron chi connectivity index (χ0n) is 18.9. The molecule has 2 aliphatic heterocycles. The van der Waals surface area contributed by atoms with Gasteiger partial charge in [-0.25, -0.2) is 4.98 Å². The average Bonchev–Trinajstić information content (AvgIpc) is 3.24. The summed E-state index contributed by atoms with van der Waals surface area (Å²) in [7, 11) is 3.21. The minimum Gasteiger partial charge on any atom is -0.493 e. The molecule has 32 heavy (non-hydrogen) atoms. The molecule has 2 aliphatic rings. The summed E-state index contributed by atoms with van der Waals surface area (Å²) in [5, 5.41) is 0. The van der Waals surface area contributed by atoms with Crippen LogP contribution in [0, 0.1) is 6.92 Å². The minimum atomic E-state index is -0.182. The molecule has 8 nitrogen and oxygen atoms in total. The molecule has 172 valence electrons. The number of methoxy groups -OCH3 is 2. The van der Waals surface area contributed by atoms with Gasteiger partial charge in [-0.15, -0.1) is 0 Å². The molecule has 0 radical (unpaired) electrons. The van der Waals surface area contributed by atoms with Crippen LogP contribution in [0.25, 0.3) is 0 Å². The van der Waals surface area contributed by atoms with E-state index < -0.39 is 0 Å². The van der Waals surface area contributed by atoms with Gasteiger partial charge >= 0.3 is 0 Å². The smallest absolute Gasteiger partial charge is 0.251 e. The predicted octanol–water partition coefficient (Wildman–Crippen LogP) is 2.76. The summed E-state index contributed by atoms with van der Waals surface area (Å²) in [5.41, 5.74) is 1.55. The lowest BCUT2D eigenvalue weighted by atomic mass is 9.86. The monoisotopic (exact) mass is 441 g/mol. The molecule has 0 aliphatic carbocycles. The number of nitrogens with zero attached hydrogens (tertiary/aromatic N) is 2. The first kappa shape index (κ1) is 22.3. The molecule has 2 saturated heterocycles. The number of carbonyl (C=O) groups is 1. The Balaban J connectivity index is 1.63. The van der Waals surface area contributed by atoms with Crippen LogP contribution in [0.3, 0.4) is 0 Å². The SMILES string of the molecule is COc1ccc([C@@H]2CN(C(=O)CC3CCCCO3)C[C@H]2c2cc(=O)[nH]c(C)n2)cc1OC. The maximum Gasteiger partial charge on any atom is 0.251 e. The summed E-state index contributed by atoms with van der Waals surface area (Å²) in [6.07, 6.45) is 3.48. The fraction of sp³-hybridized carbons (Fsp3) is 0.542. The van der Waals surface area contributed by atoms with Crippen LogP contribution in [0.2, 0.25) is 0 Å². The molecule has 3 heterocycles. The highest BCUT2D eigenvalue weighted by Gasteiger charge is 2.39. The molecule has 0 bridgehead atoms. The largest absolute Gasteiger partial charge is 0.493 e. The Labute approximate surface area is 187 Å². The molecule has 1 N–H and O–H groups in total. The van der Waals surface area contributed by atoms with Gasteiger partial charge in [0, 0.05) is 37.6 Å². The molecular weight excluding hydrogens is 410 g/mol. The summed E-state index contributed by atoms with van der Waals surface area (Å²) in [6, 6.07) is 7.37. The van der Waals surface area contributed by atoms with Crippen molar-refractivity contribution in [3.05, 3.63) is 51.7 Å². The molecule has 1 aromatic heterocycles. The highest BCUT2D eigenvalue weighted by molar-refractivity contribution is 5.77. The van der Waals surface area contributed by atoms with Crippen molar-refractivity contribution in [2.24, 2.45) is 0 Å². The molecule has 0 saturated carbocycles. The number of carbonyl (C=O) groups excluding carboxylic acids is 1. The van der Waals surface area contributed by atoms with E-state index in [-0.39, 0.29) is 29.4 Å². The van der Waals surface area contributed by atoms with E-state index in [1.807, 2.05) is 23.1 Å². The number of hydrogen-bond acceptors (Lipinski definition) is 6. The standard InChI is InChI=1S/C24H31N3O5/c1-15-25-20(12-23(28)26-15)19-14-27(24(29)11-17-6-4-5-9-32-17)13-18(19)16-7-8-21(30-2)22(10-16)31-3/h7-8,10,12,17-19H,4-6,9,11,13-14H2,1-3H3,(H,25,26,28)/t17?,18-,19+/m0/s1. The summed E-state index contributed by atoms with van der Waals surface area (Å²) in [5.74, 6) is 1.84. The number of aromatic nitrogens is 2. The lowest BCUT2D eigenvalue weighted by Crippen LogP contribution is -2.33. The number of benzene rings is 1. The van der Waals surface area contributed by atoms with Crippen molar-refractivity contribution < 1.29 is 19.0 Å². The molecular formula is C24H31N3O5. The van der Waals surface area contributed by atoms with Crippen molar-refractivity contribution in [1.82, 2.24) is 14.9 Å². The summed E-state index contributed by atoms with van der Waals surface area (Å²) >= 11 is 0. The van der Waals surface area contributed by atoms with Crippen LogP contribution in [0.4, 0.5) is 0 Å². The number of likely N-dealkylation sites (tertiary alicyclic amines) is 1. The van der Waals surface area contributed by atoms with Crippen LogP contribution >= 0.6 is 0 Å². The first-order valence-electron chi connectivity index (χ1n) is 11.2. The van der Waals surface area contributed by atoms with Gasteiger partial charge in [-0.2, -0.15) is 0 Å². The normalized spacial score (nSPS) is 23.2. The first-order chi connectivity index (χ1) is 15.5. The molecule has 8 heteroatoms. The third-order valence-corrected chi connectivity index (χ3v) is 6.44. The highest BCUT2D eigenvalue weighted by atomic mass is 16.5. The van der Waals surface area contributed by atoms with Gasteiger partial charge in [0.05, 0.1) is 32.4 Å². The van der Waals surface area contributed by atoms with Crippen molar-refractivity contribution in [1.29, 1.82) is 0 Å². The van der Waals surface area contributed by atoms with Gasteiger partial charge in [0.1, 0.15) is 5.82 Å². The van der Waals surface area contributed by atoms with Gasteiger partial charge in [-0.05, 0) is 43.9 Å². The lowest BCUT2D eigenvalue weighted by Gasteiger charge is -2.24. The first-order valence-corrected chi connectivity index (χ1v) is 11.2. The summed E-state index contributed by atoms with van der Waals surface area (Å²) in [6.45, 7) is 3.57. The maximum absolute atomic E-state index is 13.1. The van der Waals surface area contributed by atoms with Crippen molar-refractivity contribution >= 4 is 5.91 Å². The van der Waals surface area contributed by atoms with E-state index in [9.17, 15) is 9.59 Å². The number of nitrogens with one attached hydrogen (secondary N) is 1. The maximum atomic E-state index is 13.1. The predicted molar refractivity (Wildman–Crippen MR) is 119 cm³/mol. The fourth-order valence-electron chi connectivity index (χ4n) is 4.81. The number of hydrogen-bond donors (Lipinski definition) is 1. The van der Waals surface area contributed by atoms with Gasteiger partial charge in [-0.3, -0.25) is 9.59 Å². The molecule has 4 rings (SSSR count). The molecule has 3 atom stereocenters. The Morgan fingerprint density at radius 2 is 1.94 bits per heavy atom. The molecule has 1 aromatic carbocycles. The van der Waals surface area contributed by atoms with E-state index in [0.29, 0.717) is 42.5 Å². The number of aryl methyl sites for hydroxylation is 1. The van der Waals surface area contributed by atoms with Gasteiger partial charge in [-0.1, -0.05) is 6.07 Å². The Bertz CT molecular complexity index is 1010. The number of H-pyrrole nitrogens is 1. The summed E-state index contributed by atoms with van der Waals surface area (Å²) < 4.78 is 16.7. The average molecular weight is 442 g/mol. The fourth-order valence-corrected chi connectivity index (χ4v) is 4.81. The van der Waals surface area contributed by atoms with Gasteiger partial charge in [0.2, 0.25) is 5.91 Å². The molecule has 0 spiro atoms. The van der Waals surface area contributed by atoms with Gasteiger partial charge < -0.3 is 24.1 Å². The Kier molecular flexibility index (Phi) is 6.79. The van der Waals surface area contributed by atoms with E-state index >= 15 is 0 Å². The quantitative estimate of drug-likeness (QED) is 0.741. The number of aromatic amines is 1. The van der Waals surface area contributed by atoms with E-state index in [2.05, 4.69) is 9.97 Å². The zero-order valence-corrected chi connectivity index (χ0v) is 18.9. The molecule has 2 aromatic rings. The second kappa shape index (κ2) is 9.73. The molecule has 1 amide bonds. The summed E-state index contributed by atoms with van der Waals surface area (Å²) in [4.78, 5) is 34.5. The van der Waals surface area contributed by atoms with Crippen LogP contribution in [0.15, 0.2) is 29.1 Å². The number of rotatable bonds is 6. The van der Waals surface area contributed by atoms with E-state index in [0.717, 1.165) is 31.4 Å². The van der Waals surface area contributed by atoms with Crippen molar-refractivity contribution in [3.8, 4) is 11.5 Å². The van der Waals surface area contributed by atoms with Crippen molar-refractivity contribution in [2.45, 2.75) is 50.5 Å². The third kappa shape index (κ3) is 4.80. The number of ether oxygens (including phenoxy) is 3. The topological polar surface area (TPSA) is 93.8 Å². The van der Waals surface area contributed by atoms with Crippen LogP contribution < -0.4 is 15.0 Å². The Morgan fingerprint density at radius 1 is 1.16 bits per heavy atom. The van der Waals surface area contributed by atoms with Crippen LogP contribution in [-0.4, -0.2) is 60.8 Å². The second-order valence-electron chi connectivity index (χ2n) is 8.57. The van der Waals surface area contributed by atoms with E-state index in [1.165, 1.54) is 0 Å². The second-order valence-corrected chi connectivity index (χ2v) is 8.57. The van der Waals surface area contributed by atoms with Crippen LogP contribution in [0.5, 0.6) is 11.5 Å². The van der Waals surface area contributed by atoms with Crippen LogP contribution in [-0.2, 0) is 9.53 Å². The van der Waals surface area contributed by atoms with Gasteiger partial charge in [0.15, 0.2) is 11.5 Å². The van der Waals surface area contributed by atoms with Gasteiger partial charge in [0.25, 0.3) is 5.56 Å². The zero-order chi connectivity index (χ0) is 22.7. The Hall–Kier alpha value is -2.87. The number of amides is 1.